The molecule has 0 bridgehead atoms. The number of rotatable bonds is 5. The summed E-state index contributed by atoms with van der Waals surface area (Å²) in [7, 11) is 0. The highest BCUT2D eigenvalue weighted by molar-refractivity contribution is 6.31. The third-order valence-corrected chi connectivity index (χ3v) is 2.73. The first-order chi connectivity index (χ1) is 8.95. The van der Waals surface area contributed by atoms with Gasteiger partial charge in [-0.05, 0) is 31.5 Å². The monoisotopic (exact) mass is 284 g/mol. The molecule has 0 fully saturated rings. The summed E-state index contributed by atoms with van der Waals surface area (Å²) in [6, 6.07) is 3.48. The van der Waals surface area contributed by atoms with Gasteiger partial charge in [0, 0.05) is 11.6 Å². The van der Waals surface area contributed by atoms with Crippen LogP contribution >= 0.6 is 11.6 Å². The van der Waals surface area contributed by atoms with E-state index in [9.17, 15) is 14.7 Å². The van der Waals surface area contributed by atoms with Crippen LogP contribution in [-0.2, 0) is 4.79 Å². The predicted molar refractivity (Wildman–Crippen MR) is 73.3 cm³/mol. The summed E-state index contributed by atoms with van der Waals surface area (Å²) in [5, 5.41) is 15.1. The van der Waals surface area contributed by atoms with E-state index in [0.29, 0.717) is 11.6 Å². The van der Waals surface area contributed by atoms with Gasteiger partial charge in [-0.15, -0.1) is 0 Å². The topological polar surface area (TPSA) is 78.4 Å². The van der Waals surface area contributed by atoms with Crippen molar-refractivity contribution >= 4 is 23.4 Å². The van der Waals surface area contributed by atoms with Crippen LogP contribution in [-0.4, -0.2) is 29.5 Å². The number of hydrogen-bond acceptors (Lipinski definition) is 3. The smallest absolute Gasteiger partial charge is 0.255 e. The fourth-order valence-electron chi connectivity index (χ4n) is 1.43. The molecule has 6 heteroatoms. The average Bonchev–Trinajstić information content (AvgIpc) is 2.38. The molecular formula is C13H17ClN2O3. The molecule has 3 N–H and O–H groups in total. The Bertz CT molecular complexity index is 477. The van der Waals surface area contributed by atoms with Crippen molar-refractivity contribution in [3.8, 4) is 5.75 Å². The quantitative estimate of drug-likeness (QED) is 0.770. The van der Waals surface area contributed by atoms with Crippen molar-refractivity contribution in [2.45, 2.75) is 26.3 Å². The number of amides is 2. The molecule has 104 valence electrons. The molecule has 1 aromatic carbocycles. The molecule has 1 rings (SSSR count). The predicted octanol–water partition coefficient (Wildman–Crippen LogP) is 1.69. The van der Waals surface area contributed by atoms with Crippen LogP contribution in [0.4, 0.5) is 0 Å². The Morgan fingerprint density at radius 3 is 2.74 bits per heavy atom. The van der Waals surface area contributed by atoms with Crippen LogP contribution in [0.25, 0.3) is 0 Å². The first-order valence-electron chi connectivity index (χ1n) is 6.02. The zero-order valence-corrected chi connectivity index (χ0v) is 11.6. The van der Waals surface area contributed by atoms with Crippen LogP contribution in [0, 0.1) is 0 Å². The lowest BCUT2D eigenvalue weighted by Gasteiger charge is -2.14. The second-order valence-corrected chi connectivity index (χ2v) is 4.58. The van der Waals surface area contributed by atoms with Gasteiger partial charge in [-0.1, -0.05) is 18.5 Å². The third-order valence-electron chi connectivity index (χ3n) is 2.49. The molecule has 0 saturated heterocycles. The van der Waals surface area contributed by atoms with Crippen molar-refractivity contribution < 1.29 is 14.7 Å². The lowest BCUT2D eigenvalue weighted by molar-refractivity contribution is -0.122. The first-order valence-corrected chi connectivity index (χ1v) is 6.40. The van der Waals surface area contributed by atoms with Gasteiger partial charge in [-0.2, -0.15) is 0 Å². The molecule has 0 saturated carbocycles. The molecule has 1 aromatic rings. The SMILES string of the molecule is CCCNC(=O)C(C)NC(=O)c1cc(Cl)ccc1O. The molecule has 0 aliphatic rings. The van der Waals surface area contributed by atoms with Crippen molar-refractivity contribution in [3.63, 3.8) is 0 Å². The highest BCUT2D eigenvalue weighted by atomic mass is 35.5. The maximum absolute atomic E-state index is 11.9. The number of aromatic hydroxyl groups is 1. The number of carbonyl (C=O) groups is 2. The molecule has 0 radical (unpaired) electrons. The maximum Gasteiger partial charge on any atom is 0.255 e. The highest BCUT2D eigenvalue weighted by Gasteiger charge is 2.18. The lowest BCUT2D eigenvalue weighted by Crippen LogP contribution is -2.45. The van der Waals surface area contributed by atoms with Gasteiger partial charge in [0.05, 0.1) is 5.56 Å². The second kappa shape index (κ2) is 6.99. The van der Waals surface area contributed by atoms with E-state index in [1.807, 2.05) is 6.92 Å². The van der Waals surface area contributed by atoms with Gasteiger partial charge in [0.25, 0.3) is 5.91 Å². The Kier molecular flexibility index (Phi) is 5.63. The van der Waals surface area contributed by atoms with E-state index >= 15 is 0 Å². The minimum atomic E-state index is -0.683. The van der Waals surface area contributed by atoms with Gasteiger partial charge in [0.1, 0.15) is 11.8 Å². The zero-order chi connectivity index (χ0) is 14.4. The summed E-state index contributed by atoms with van der Waals surface area (Å²) in [4.78, 5) is 23.5. The summed E-state index contributed by atoms with van der Waals surface area (Å²) >= 11 is 5.76. The van der Waals surface area contributed by atoms with Crippen LogP contribution in [0.3, 0.4) is 0 Å². The molecule has 0 aliphatic carbocycles. The summed E-state index contributed by atoms with van der Waals surface area (Å²) in [6.07, 6.45) is 0.821. The Balaban J connectivity index is 2.68. The maximum atomic E-state index is 11.9. The normalized spacial score (nSPS) is 11.7. The van der Waals surface area contributed by atoms with Crippen molar-refractivity contribution in [3.05, 3.63) is 28.8 Å². The molecular weight excluding hydrogens is 268 g/mol. The van der Waals surface area contributed by atoms with E-state index in [1.54, 1.807) is 6.92 Å². The molecule has 0 aliphatic heterocycles. The zero-order valence-electron chi connectivity index (χ0n) is 10.9. The molecule has 1 unspecified atom stereocenters. The molecule has 19 heavy (non-hydrogen) atoms. The second-order valence-electron chi connectivity index (χ2n) is 4.15. The largest absolute Gasteiger partial charge is 0.507 e. The van der Waals surface area contributed by atoms with Crippen molar-refractivity contribution in [1.29, 1.82) is 0 Å². The van der Waals surface area contributed by atoms with Crippen molar-refractivity contribution in [2.24, 2.45) is 0 Å². The van der Waals surface area contributed by atoms with E-state index in [2.05, 4.69) is 10.6 Å². The Morgan fingerprint density at radius 1 is 1.42 bits per heavy atom. The van der Waals surface area contributed by atoms with Gasteiger partial charge in [-0.25, -0.2) is 0 Å². The van der Waals surface area contributed by atoms with Crippen molar-refractivity contribution in [2.75, 3.05) is 6.54 Å². The minimum absolute atomic E-state index is 0.0441. The molecule has 0 aromatic heterocycles. The molecule has 2 amide bonds. The number of nitrogens with one attached hydrogen (secondary N) is 2. The number of halogens is 1. The minimum Gasteiger partial charge on any atom is -0.507 e. The van der Waals surface area contributed by atoms with Crippen LogP contribution in [0.15, 0.2) is 18.2 Å². The van der Waals surface area contributed by atoms with Gasteiger partial charge < -0.3 is 15.7 Å². The summed E-state index contributed by atoms with van der Waals surface area (Å²) in [5.41, 5.74) is 0.0441. The summed E-state index contributed by atoms with van der Waals surface area (Å²) in [6.45, 7) is 4.07. The molecule has 0 heterocycles. The molecule has 5 nitrogen and oxygen atoms in total. The first kappa shape index (κ1) is 15.3. The molecule has 0 spiro atoms. The average molecular weight is 285 g/mol. The number of phenols is 1. The Morgan fingerprint density at radius 2 is 2.11 bits per heavy atom. The fraction of sp³-hybridized carbons (Fsp3) is 0.385. The van der Waals surface area contributed by atoms with Crippen LogP contribution in [0.2, 0.25) is 5.02 Å². The van der Waals surface area contributed by atoms with E-state index < -0.39 is 11.9 Å². The van der Waals surface area contributed by atoms with Crippen LogP contribution in [0.5, 0.6) is 5.75 Å². The van der Waals surface area contributed by atoms with Gasteiger partial charge in [0.15, 0.2) is 0 Å². The number of carbonyl (C=O) groups excluding carboxylic acids is 2. The van der Waals surface area contributed by atoms with Crippen molar-refractivity contribution in [1.82, 2.24) is 10.6 Å². The Hall–Kier alpha value is -1.75. The van der Waals surface area contributed by atoms with Gasteiger partial charge in [-0.3, -0.25) is 9.59 Å². The van der Waals surface area contributed by atoms with E-state index in [-0.39, 0.29) is 17.2 Å². The van der Waals surface area contributed by atoms with E-state index in [0.717, 1.165) is 6.42 Å². The number of benzene rings is 1. The highest BCUT2D eigenvalue weighted by Crippen LogP contribution is 2.21. The Labute approximate surface area is 117 Å². The van der Waals surface area contributed by atoms with E-state index in [1.165, 1.54) is 18.2 Å². The van der Waals surface area contributed by atoms with Crippen LogP contribution < -0.4 is 10.6 Å². The lowest BCUT2D eigenvalue weighted by atomic mass is 10.1. The molecule has 1 atom stereocenters. The third kappa shape index (κ3) is 4.44. The van der Waals surface area contributed by atoms with Crippen LogP contribution in [0.1, 0.15) is 30.6 Å². The standard InChI is InChI=1S/C13H17ClN2O3/c1-3-6-15-12(18)8(2)16-13(19)10-7-9(14)4-5-11(10)17/h4-5,7-8,17H,3,6H2,1-2H3,(H,15,18)(H,16,19). The fourth-order valence-corrected chi connectivity index (χ4v) is 1.60. The summed E-state index contributed by atoms with van der Waals surface area (Å²) < 4.78 is 0. The number of phenolic OH excluding ortho intramolecular Hbond substituents is 1. The number of hydrogen-bond donors (Lipinski definition) is 3. The van der Waals surface area contributed by atoms with Gasteiger partial charge >= 0.3 is 0 Å². The summed E-state index contributed by atoms with van der Waals surface area (Å²) in [5.74, 6) is -0.987. The van der Waals surface area contributed by atoms with E-state index in [4.69, 9.17) is 11.6 Å². The van der Waals surface area contributed by atoms with Gasteiger partial charge in [0.2, 0.25) is 5.91 Å².